The van der Waals surface area contributed by atoms with Crippen molar-refractivity contribution in [3.63, 3.8) is 0 Å². The van der Waals surface area contributed by atoms with Crippen molar-refractivity contribution in [2.75, 3.05) is 20.3 Å². The molecule has 0 aromatic heterocycles. The van der Waals surface area contributed by atoms with Crippen molar-refractivity contribution in [1.82, 2.24) is 0 Å². The Labute approximate surface area is 77.7 Å². The molecule has 72 valence electrons. The van der Waals surface area contributed by atoms with Gasteiger partial charge in [-0.3, -0.25) is 0 Å². The minimum atomic E-state index is -0.264. The Hall–Kier alpha value is -0.830. The molecule has 1 saturated carbocycles. The summed E-state index contributed by atoms with van der Waals surface area (Å²) in [4.78, 5) is 11.2. The van der Waals surface area contributed by atoms with Crippen LogP contribution in [0.4, 0.5) is 0 Å². The monoisotopic (exact) mass is 182 g/mol. The van der Waals surface area contributed by atoms with Crippen LogP contribution in [0.25, 0.3) is 0 Å². The van der Waals surface area contributed by atoms with E-state index in [2.05, 4.69) is 11.3 Å². The van der Waals surface area contributed by atoms with Crippen LogP contribution < -0.4 is 0 Å². The predicted octanol–water partition coefficient (Wildman–Crippen LogP) is 0.998. The Morgan fingerprint density at radius 1 is 1.54 bits per heavy atom. The summed E-state index contributed by atoms with van der Waals surface area (Å²) in [6.07, 6.45) is 1.06. The van der Waals surface area contributed by atoms with E-state index in [1.165, 1.54) is 7.11 Å². The van der Waals surface area contributed by atoms with Crippen LogP contribution in [0.15, 0.2) is 12.2 Å². The molecular weight excluding hydrogens is 168 g/mol. The smallest absolute Gasteiger partial charge is 0.333 e. The fraction of sp³-hybridized carbons (Fsp3) is 0.700. The van der Waals surface area contributed by atoms with Crippen molar-refractivity contribution in [1.29, 1.82) is 0 Å². The minimum Gasteiger partial charge on any atom is -0.466 e. The summed E-state index contributed by atoms with van der Waals surface area (Å²) in [5, 5.41) is 0. The molecular formula is C10H14O3. The van der Waals surface area contributed by atoms with Crippen LogP contribution in [0, 0.1) is 17.8 Å². The highest BCUT2D eigenvalue weighted by Crippen LogP contribution is 2.54. The van der Waals surface area contributed by atoms with Crippen LogP contribution in [0.1, 0.15) is 6.42 Å². The minimum absolute atomic E-state index is 0.264. The lowest BCUT2D eigenvalue weighted by atomic mass is 10.1. The summed E-state index contributed by atoms with van der Waals surface area (Å²) < 4.78 is 9.96. The van der Waals surface area contributed by atoms with Crippen LogP contribution in [0.5, 0.6) is 0 Å². The van der Waals surface area contributed by atoms with E-state index in [0.29, 0.717) is 23.3 Å². The number of carbonyl (C=O) groups excluding carboxylic acids is 1. The zero-order valence-electron chi connectivity index (χ0n) is 7.79. The van der Waals surface area contributed by atoms with Crippen molar-refractivity contribution in [2.45, 2.75) is 6.42 Å². The van der Waals surface area contributed by atoms with Crippen LogP contribution in [-0.2, 0) is 14.3 Å². The molecule has 0 aromatic carbocycles. The van der Waals surface area contributed by atoms with Crippen LogP contribution >= 0.6 is 0 Å². The molecule has 1 heterocycles. The van der Waals surface area contributed by atoms with Gasteiger partial charge in [0.15, 0.2) is 0 Å². The first-order valence-corrected chi connectivity index (χ1v) is 4.60. The maximum atomic E-state index is 11.2. The molecule has 0 aromatic rings. The van der Waals surface area contributed by atoms with Gasteiger partial charge in [-0.25, -0.2) is 4.79 Å². The second kappa shape index (κ2) is 3.14. The Morgan fingerprint density at radius 3 is 2.85 bits per heavy atom. The van der Waals surface area contributed by atoms with Crippen molar-refractivity contribution in [3.05, 3.63) is 12.2 Å². The second-order valence-corrected chi connectivity index (χ2v) is 3.73. The van der Waals surface area contributed by atoms with E-state index in [4.69, 9.17) is 4.74 Å². The highest BCUT2D eigenvalue weighted by molar-refractivity contribution is 5.89. The summed E-state index contributed by atoms with van der Waals surface area (Å²) in [7, 11) is 1.40. The van der Waals surface area contributed by atoms with E-state index in [0.717, 1.165) is 19.6 Å². The zero-order valence-corrected chi connectivity index (χ0v) is 7.79. The summed E-state index contributed by atoms with van der Waals surface area (Å²) in [6.45, 7) is 5.39. The van der Waals surface area contributed by atoms with Crippen LogP contribution in [0.2, 0.25) is 0 Å². The third kappa shape index (κ3) is 1.37. The molecule has 1 aliphatic carbocycles. The summed E-state index contributed by atoms with van der Waals surface area (Å²) in [6, 6.07) is 0. The Morgan fingerprint density at radius 2 is 2.31 bits per heavy atom. The topological polar surface area (TPSA) is 35.5 Å². The Bertz CT molecular complexity index is 235. The van der Waals surface area contributed by atoms with Crippen LogP contribution in [0.3, 0.4) is 0 Å². The van der Waals surface area contributed by atoms with Gasteiger partial charge in [-0.1, -0.05) is 6.58 Å². The lowest BCUT2D eigenvalue weighted by Crippen LogP contribution is -2.07. The largest absolute Gasteiger partial charge is 0.466 e. The zero-order chi connectivity index (χ0) is 9.42. The van der Waals surface area contributed by atoms with Gasteiger partial charge in [0, 0.05) is 12.2 Å². The van der Waals surface area contributed by atoms with E-state index in [9.17, 15) is 4.79 Å². The molecule has 0 spiro atoms. The molecule has 3 nitrogen and oxygen atoms in total. The van der Waals surface area contributed by atoms with E-state index in [-0.39, 0.29) is 5.97 Å². The summed E-state index contributed by atoms with van der Waals surface area (Å²) in [5.74, 6) is 1.22. The maximum absolute atomic E-state index is 11.2. The standard InChI is InChI=1S/C10H14O3/c1-6(10(11)12-2)9-7-3-4-13-5-8(7)9/h7-9H,1,3-5H2,2H3. The normalized spacial score (nSPS) is 36.2. The van der Waals surface area contributed by atoms with Gasteiger partial charge in [0.05, 0.1) is 13.7 Å². The van der Waals surface area contributed by atoms with Gasteiger partial charge < -0.3 is 9.47 Å². The van der Waals surface area contributed by atoms with E-state index < -0.39 is 0 Å². The van der Waals surface area contributed by atoms with Gasteiger partial charge in [0.1, 0.15) is 0 Å². The highest BCUT2D eigenvalue weighted by atomic mass is 16.5. The van der Waals surface area contributed by atoms with Crippen LogP contribution in [-0.4, -0.2) is 26.3 Å². The second-order valence-electron chi connectivity index (χ2n) is 3.73. The van der Waals surface area contributed by atoms with E-state index >= 15 is 0 Å². The fourth-order valence-electron chi connectivity index (χ4n) is 2.29. The van der Waals surface area contributed by atoms with Crippen molar-refractivity contribution in [2.24, 2.45) is 17.8 Å². The molecule has 3 unspecified atom stereocenters. The number of methoxy groups -OCH3 is 1. The first-order valence-electron chi connectivity index (χ1n) is 4.60. The number of esters is 1. The first-order chi connectivity index (χ1) is 6.25. The molecule has 2 rings (SSSR count). The Balaban J connectivity index is 1.96. The van der Waals surface area contributed by atoms with E-state index in [1.807, 2.05) is 0 Å². The molecule has 13 heavy (non-hydrogen) atoms. The number of carbonyl (C=O) groups is 1. The molecule has 1 aliphatic heterocycles. The quantitative estimate of drug-likeness (QED) is 0.472. The number of fused-ring (bicyclic) bond motifs is 1. The van der Waals surface area contributed by atoms with E-state index in [1.54, 1.807) is 0 Å². The molecule has 0 amide bonds. The third-order valence-electron chi connectivity index (χ3n) is 3.09. The van der Waals surface area contributed by atoms with Gasteiger partial charge in [-0.15, -0.1) is 0 Å². The number of ether oxygens (including phenoxy) is 2. The lowest BCUT2D eigenvalue weighted by molar-refractivity contribution is -0.136. The van der Waals surface area contributed by atoms with Gasteiger partial charge >= 0.3 is 5.97 Å². The molecule has 3 heteroatoms. The van der Waals surface area contributed by atoms with Gasteiger partial charge in [-0.2, -0.15) is 0 Å². The SMILES string of the molecule is C=C(C(=O)OC)C1C2CCOCC21. The lowest BCUT2D eigenvalue weighted by Gasteiger charge is -2.07. The fourth-order valence-corrected chi connectivity index (χ4v) is 2.29. The number of hydrogen-bond donors (Lipinski definition) is 0. The highest BCUT2D eigenvalue weighted by Gasteiger charge is 2.54. The van der Waals surface area contributed by atoms with Gasteiger partial charge in [0.25, 0.3) is 0 Å². The average molecular weight is 182 g/mol. The number of hydrogen-bond acceptors (Lipinski definition) is 3. The van der Waals surface area contributed by atoms with Gasteiger partial charge in [-0.05, 0) is 24.2 Å². The molecule has 1 saturated heterocycles. The predicted molar refractivity (Wildman–Crippen MR) is 47.1 cm³/mol. The molecule has 0 N–H and O–H groups in total. The summed E-state index contributed by atoms with van der Waals surface area (Å²) in [5.41, 5.74) is 0.628. The van der Waals surface area contributed by atoms with Crippen molar-refractivity contribution < 1.29 is 14.3 Å². The summed E-state index contributed by atoms with van der Waals surface area (Å²) >= 11 is 0. The molecule has 0 radical (unpaired) electrons. The Kier molecular flexibility index (Phi) is 2.12. The molecule has 0 bridgehead atoms. The third-order valence-corrected chi connectivity index (χ3v) is 3.09. The molecule has 3 atom stereocenters. The number of rotatable bonds is 2. The van der Waals surface area contributed by atoms with Crippen molar-refractivity contribution in [3.8, 4) is 0 Å². The first kappa shape index (κ1) is 8.75. The van der Waals surface area contributed by atoms with Crippen molar-refractivity contribution >= 4 is 5.97 Å². The average Bonchev–Trinajstić information content (AvgIpc) is 2.89. The maximum Gasteiger partial charge on any atom is 0.333 e. The molecule has 2 aliphatic rings. The molecule has 2 fully saturated rings. The van der Waals surface area contributed by atoms with Gasteiger partial charge in [0.2, 0.25) is 0 Å².